The Morgan fingerprint density at radius 1 is 1.29 bits per heavy atom. The van der Waals surface area contributed by atoms with Gasteiger partial charge in [-0.25, -0.2) is 9.97 Å². The number of fused-ring (bicyclic) bond motifs is 3. The van der Waals surface area contributed by atoms with Crippen molar-refractivity contribution in [1.82, 2.24) is 19.3 Å². The van der Waals surface area contributed by atoms with Crippen LogP contribution in [0.4, 0.5) is 0 Å². The molecule has 1 aromatic carbocycles. The van der Waals surface area contributed by atoms with Crippen molar-refractivity contribution in [2.24, 2.45) is 0 Å². The second kappa shape index (κ2) is 5.05. The average Bonchev–Trinajstić information content (AvgIpc) is 3.24. The molecule has 1 aliphatic carbocycles. The molecule has 0 radical (unpaired) electrons. The molecule has 0 atom stereocenters. The molecule has 1 aliphatic heterocycles. The van der Waals surface area contributed by atoms with Crippen molar-refractivity contribution >= 4 is 5.78 Å². The van der Waals surface area contributed by atoms with Gasteiger partial charge in [-0.3, -0.25) is 9.30 Å². The maximum atomic E-state index is 5.42. The summed E-state index contributed by atoms with van der Waals surface area (Å²) in [7, 11) is 1.74. The van der Waals surface area contributed by atoms with Crippen molar-refractivity contribution in [3.63, 3.8) is 0 Å². The van der Waals surface area contributed by atoms with Gasteiger partial charge in [0, 0.05) is 43.6 Å². The number of nitrogens with zero attached hydrogens (tertiary/aromatic N) is 4. The summed E-state index contributed by atoms with van der Waals surface area (Å²) in [6.07, 6.45) is 8.42. The molecule has 0 N–H and O–H groups in total. The third-order valence-electron chi connectivity index (χ3n) is 5.33. The molecule has 122 valence electrons. The first-order valence-electron chi connectivity index (χ1n) is 8.44. The van der Waals surface area contributed by atoms with E-state index in [0.717, 1.165) is 36.9 Å². The van der Waals surface area contributed by atoms with Gasteiger partial charge in [0.1, 0.15) is 5.75 Å². The lowest BCUT2D eigenvalue weighted by molar-refractivity contribution is 0.211. The standard InChI is InChI=1S/C19H20N4O/c1-24-16-4-3-14-10-22(13-19(5-6-19)17(14)9-16)11-15-12-23-8-2-7-20-18(23)21-15/h2-4,7-9,12H,5-6,10-11,13H2,1H3. The lowest BCUT2D eigenvalue weighted by Gasteiger charge is -2.35. The Morgan fingerprint density at radius 2 is 2.21 bits per heavy atom. The Kier molecular flexibility index (Phi) is 2.94. The lowest BCUT2D eigenvalue weighted by atomic mass is 9.86. The van der Waals surface area contributed by atoms with Crippen molar-refractivity contribution < 1.29 is 4.74 Å². The Bertz CT molecular complexity index is 880. The first kappa shape index (κ1) is 14.0. The summed E-state index contributed by atoms with van der Waals surface area (Å²) in [5.74, 6) is 1.75. The molecule has 0 amide bonds. The second-order valence-electron chi connectivity index (χ2n) is 7.01. The molecule has 5 rings (SSSR count). The number of hydrogen-bond acceptors (Lipinski definition) is 4. The molecule has 3 aromatic rings. The highest BCUT2D eigenvalue weighted by molar-refractivity contribution is 5.45. The molecule has 0 bridgehead atoms. The maximum Gasteiger partial charge on any atom is 0.233 e. The summed E-state index contributed by atoms with van der Waals surface area (Å²) >= 11 is 0. The summed E-state index contributed by atoms with van der Waals surface area (Å²) in [6.45, 7) is 2.95. The molecule has 1 saturated carbocycles. The third-order valence-corrected chi connectivity index (χ3v) is 5.33. The topological polar surface area (TPSA) is 42.7 Å². The van der Waals surface area contributed by atoms with Crippen LogP contribution in [0.25, 0.3) is 5.78 Å². The Balaban J connectivity index is 1.44. The van der Waals surface area contributed by atoms with E-state index in [4.69, 9.17) is 4.74 Å². The van der Waals surface area contributed by atoms with Crippen molar-refractivity contribution in [2.75, 3.05) is 13.7 Å². The van der Waals surface area contributed by atoms with Crippen LogP contribution in [0.3, 0.4) is 0 Å². The van der Waals surface area contributed by atoms with Crippen molar-refractivity contribution in [3.8, 4) is 5.75 Å². The zero-order valence-electron chi connectivity index (χ0n) is 13.8. The molecule has 2 aromatic heterocycles. The van der Waals surface area contributed by atoms with Crippen LogP contribution in [0.5, 0.6) is 5.75 Å². The third kappa shape index (κ3) is 2.19. The van der Waals surface area contributed by atoms with E-state index in [1.807, 2.05) is 16.7 Å². The quantitative estimate of drug-likeness (QED) is 0.744. The normalized spacial score (nSPS) is 18.7. The molecule has 5 nitrogen and oxygen atoms in total. The van der Waals surface area contributed by atoms with Gasteiger partial charge in [0.2, 0.25) is 5.78 Å². The highest BCUT2D eigenvalue weighted by Crippen LogP contribution is 2.53. The summed E-state index contributed by atoms with van der Waals surface area (Å²) in [4.78, 5) is 11.5. The van der Waals surface area contributed by atoms with Crippen LogP contribution in [0.1, 0.15) is 29.7 Å². The largest absolute Gasteiger partial charge is 0.497 e. The molecule has 24 heavy (non-hydrogen) atoms. The average molecular weight is 320 g/mol. The van der Waals surface area contributed by atoms with E-state index < -0.39 is 0 Å². The fourth-order valence-corrected chi connectivity index (χ4v) is 4.00. The van der Waals surface area contributed by atoms with Gasteiger partial charge in [0.05, 0.1) is 12.8 Å². The molecule has 3 heterocycles. The van der Waals surface area contributed by atoms with E-state index in [2.05, 4.69) is 39.3 Å². The van der Waals surface area contributed by atoms with Gasteiger partial charge < -0.3 is 4.74 Å². The van der Waals surface area contributed by atoms with E-state index in [1.165, 1.54) is 24.0 Å². The summed E-state index contributed by atoms with van der Waals surface area (Å²) in [6, 6.07) is 8.48. The number of hydrogen-bond donors (Lipinski definition) is 0. The molecule has 5 heteroatoms. The number of benzene rings is 1. The van der Waals surface area contributed by atoms with Gasteiger partial charge in [0.25, 0.3) is 0 Å². The Labute approximate surface area is 140 Å². The molecule has 1 spiro atoms. The summed E-state index contributed by atoms with van der Waals surface area (Å²) in [5.41, 5.74) is 4.34. The van der Waals surface area contributed by atoms with Crippen molar-refractivity contribution in [3.05, 3.63) is 59.7 Å². The smallest absolute Gasteiger partial charge is 0.233 e. The molecule has 0 unspecified atom stereocenters. The van der Waals surface area contributed by atoms with Gasteiger partial charge in [-0.15, -0.1) is 0 Å². The minimum atomic E-state index is 0.333. The predicted molar refractivity (Wildman–Crippen MR) is 91.0 cm³/mol. The van der Waals surface area contributed by atoms with Gasteiger partial charge >= 0.3 is 0 Å². The van der Waals surface area contributed by atoms with E-state index in [0.29, 0.717) is 5.41 Å². The van der Waals surface area contributed by atoms with Crippen molar-refractivity contribution in [2.45, 2.75) is 31.3 Å². The fourth-order valence-electron chi connectivity index (χ4n) is 4.00. The minimum Gasteiger partial charge on any atom is -0.497 e. The highest BCUT2D eigenvalue weighted by atomic mass is 16.5. The summed E-state index contributed by atoms with van der Waals surface area (Å²) in [5, 5.41) is 0. The summed E-state index contributed by atoms with van der Waals surface area (Å²) < 4.78 is 7.42. The van der Waals surface area contributed by atoms with E-state index in [9.17, 15) is 0 Å². The van der Waals surface area contributed by atoms with Crippen LogP contribution < -0.4 is 4.74 Å². The molecule has 2 aliphatic rings. The van der Waals surface area contributed by atoms with Gasteiger partial charge in [0.15, 0.2) is 0 Å². The number of rotatable bonds is 3. The minimum absolute atomic E-state index is 0.333. The number of aromatic nitrogens is 3. The number of methoxy groups -OCH3 is 1. The van der Waals surface area contributed by atoms with E-state index >= 15 is 0 Å². The van der Waals surface area contributed by atoms with E-state index in [1.54, 1.807) is 13.3 Å². The van der Waals surface area contributed by atoms with Crippen LogP contribution >= 0.6 is 0 Å². The van der Waals surface area contributed by atoms with E-state index in [-0.39, 0.29) is 0 Å². The first-order valence-corrected chi connectivity index (χ1v) is 8.44. The second-order valence-corrected chi connectivity index (χ2v) is 7.01. The lowest BCUT2D eigenvalue weighted by Crippen LogP contribution is -2.37. The van der Waals surface area contributed by atoms with Crippen LogP contribution in [-0.2, 0) is 18.5 Å². The van der Waals surface area contributed by atoms with Crippen LogP contribution in [0.15, 0.2) is 42.9 Å². The van der Waals surface area contributed by atoms with Crippen LogP contribution in [0.2, 0.25) is 0 Å². The molecular formula is C19H20N4O. The zero-order valence-corrected chi connectivity index (χ0v) is 13.8. The zero-order chi connectivity index (χ0) is 16.1. The van der Waals surface area contributed by atoms with Crippen molar-refractivity contribution in [1.29, 1.82) is 0 Å². The predicted octanol–water partition coefficient (Wildman–Crippen LogP) is 2.79. The number of ether oxygens (including phenoxy) is 1. The SMILES string of the molecule is COc1ccc2c(c1)C1(CC1)CN(Cc1cn3cccnc3n1)C2. The van der Waals surface area contributed by atoms with Crippen LogP contribution in [-0.4, -0.2) is 32.9 Å². The van der Waals surface area contributed by atoms with Crippen LogP contribution in [0, 0.1) is 0 Å². The Morgan fingerprint density at radius 3 is 3.00 bits per heavy atom. The molecule has 1 fully saturated rings. The monoisotopic (exact) mass is 320 g/mol. The van der Waals surface area contributed by atoms with Gasteiger partial charge in [-0.1, -0.05) is 6.07 Å². The van der Waals surface area contributed by atoms with Gasteiger partial charge in [-0.2, -0.15) is 0 Å². The van der Waals surface area contributed by atoms with Gasteiger partial charge in [-0.05, 0) is 42.2 Å². The number of imidazole rings is 1. The first-order chi connectivity index (χ1) is 11.8. The maximum absolute atomic E-state index is 5.42. The fraction of sp³-hybridized carbons (Fsp3) is 0.368. The Hall–Kier alpha value is -2.40. The molecule has 0 saturated heterocycles. The molecular weight excluding hydrogens is 300 g/mol. The highest BCUT2D eigenvalue weighted by Gasteiger charge is 2.49.